The zero-order valence-electron chi connectivity index (χ0n) is 12.7. The molecule has 7 heteroatoms. The minimum absolute atomic E-state index is 0.243. The SMILES string of the molecule is COC(=O)C1=C(C)N(C)C(=O)N(C)[C@H]1c1ccc(Br)cc1F. The molecule has 0 bridgehead atoms. The minimum Gasteiger partial charge on any atom is -0.466 e. The van der Waals surface area contributed by atoms with Crippen LogP contribution in [-0.2, 0) is 9.53 Å². The van der Waals surface area contributed by atoms with Crippen LogP contribution < -0.4 is 0 Å². The van der Waals surface area contributed by atoms with Crippen LogP contribution in [0.15, 0.2) is 33.9 Å². The van der Waals surface area contributed by atoms with E-state index in [-0.39, 0.29) is 17.2 Å². The number of amides is 2. The molecule has 1 atom stereocenters. The molecule has 1 heterocycles. The molecular weight excluding hydrogens is 355 g/mol. The average molecular weight is 371 g/mol. The minimum atomic E-state index is -0.829. The van der Waals surface area contributed by atoms with Crippen molar-refractivity contribution < 1.29 is 18.7 Å². The number of rotatable bonds is 2. The first-order valence-corrected chi connectivity index (χ1v) is 7.33. The van der Waals surface area contributed by atoms with Crippen LogP contribution in [0.25, 0.3) is 0 Å². The molecule has 2 rings (SSSR count). The van der Waals surface area contributed by atoms with Crippen LogP contribution in [-0.4, -0.2) is 43.0 Å². The lowest BCUT2D eigenvalue weighted by molar-refractivity contribution is -0.137. The van der Waals surface area contributed by atoms with Crippen molar-refractivity contribution >= 4 is 27.9 Å². The van der Waals surface area contributed by atoms with Crippen molar-refractivity contribution in [2.75, 3.05) is 21.2 Å². The van der Waals surface area contributed by atoms with Gasteiger partial charge in [0.05, 0.1) is 18.7 Å². The highest BCUT2D eigenvalue weighted by Crippen LogP contribution is 2.37. The lowest BCUT2D eigenvalue weighted by atomic mass is 9.93. The standard InChI is InChI=1S/C15H16BrFN2O3/c1-8-12(14(20)22-4)13(19(3)15(21)18(8)2)10-6-5-9(16)7-11(10)17/h5-7,13H,1-4H3/t13-/m0/s1. The molecule has 118 valence electrons. The molecular formula is C15H16BrFN2O3. The van der Waals surface area contributed by atoms with Crippen molar-refractivity contribution in [1.82, 2.24) is 9.80 Å². The fourth-order valence-electron chi connectivity index (χ4n) is 2.52. The predicted octanol–water partition coefficient (Wildman–Crippen LogP) is 3.07. The molecule has 1 aliphatic heterocycles. The van der Waals surface area contributed by atoms with Crippen molar-refractivity contribution in [2.24, 2.45) is 0 Å². The molecule has 5 nitrogen and oxygen atoms in total. The number of hydrogen-bond acceptors (Lipinski definition) is 3. The number of urea groups is 1. The lowest BCUT2D eigenvalue weighted by Gasteiger charge is -2.39. The molecule has 0 saturated carbocycles. The summed E-state index contributed by atoms with van der Waals surface area (Å²) in [5.74, 6) is -1.09. The number of carbonyl (C=O) groups excluding carboxylic acids is 2. The van der Waals surface area contributed by atoms with Gasteiger partial charge in [-0.05, 0) is 19.1 Å². The Morgan fingerprint density at radius 3 is 2.55 bits per heavy atom. The van der Waals surface area contributed by atoms with Gasteiger partial charge in [-0.3, -0.25) is 0 Å². The van der Waals surface area contributed by atoms with Gasteiger partial charge < -0.3 is 14.5 Å². The summed E-state index contributed by atoms with van der Waals surface area (Å²) in [6, 6.07) is 3.37. The van der Waals surface area contributed by atoms with E-state index >= 15 is 0 Å². The third-order valence-electron chi connectivity index (χ3n) is 3.80. The second kappa shape index (κ2) is 6.08. The van der Waals surface area contributed by atoms with Crippen molar-refractivity contribution in [2.45, 2.75) is 13.0 Å². The van der Waals surface area contributed by atoms with Gasteiger partial charge in [0, 0.05) is 29.8 Å². The molecule has 1 aromatic carbocycles. The Labute approximate surface area is 136 Å². The van der Waals surface area contributed by atoms with Gasteiger partial charge in [0.1, 0.15) is 5.82 Å². The van der Waals surface area contributed by atoms with E-state index < -0.39 is 17.8 Å². The van der Waals surface area contributed by atoms with Gasteiger partial charge in [-0.25, -0.2) is 14.0 Å². The molecule has 0 radical (unpaired) electrons. The number of carbonyl (C=O) groups is 2. The van der Waals surface area contributed by atoms with Crippen molar-refractivity contribution in [3.8, 4) is 0 Å². The quantitative estimate of drug-likeness (QED) is 0.751. The van der Waals surface area contributed by atoms with E-state index in [1.807, 2.05) is 0 Å². The predicted molar refractivity (Wildman–Crippen MR) is 82.5 cm³/mol. The second-order valence-corrected chi connectivity index (χ2v) is 5.93. The third-order valence-corrected chi connectivity index (χ3v) is 4.30. The first-order chi connectivity index (χ1) is 10.3. The van der Waals surface area contributed by atoms with Crippen LogP contribution in [0.2, 0.25) is 0 Å². The summed E-state index contributed by atoms with van der Waals surface area (Å²) in [6.45, 7) is 1.64. The molecule has 0 saturated heterocycles. The van der Waals surface area contributed by atoms with Crippen LogP contribution in [0.1, 0.15) is 18.5 Å². The number of halogens is 2. The van der Waals surface area contributed by atoms with Gasteiger partial charge in [-0.1, -0.05) is 22.0 Å². The number of allylic oxidation sites excluding steroid dienone is 1. The summed E-state index contributed by atoms with van der Waals surface area (Å²) in [6.07, 6.45) is 0. The summed E-state index contributed by atoms with van der Waals surface area (Å²) in [5.41, 5.74) is 0.933. The maximum atomic E-state index is 14.3. The monoisotopic (exact) mass is 370 g/mol. The largest absolute Gasteiger partial charge is 0.466 e. The smallest absolute Gasteiger partial charge is 0.337 e. The van der Waals surface area contributed by atoms with Gasteiger partial charge in [0.25, 0.3) is 0 Å². The second-order valence-electron chi connectivity index (χ2n) is 5.01. The van der Waals surface area contributed by atoms with Crippen LogP contribution in [0, 0.1) is 5.82 Å². The highest BCUT2D eigenvalue weighted by molar-refractivity contribution is 9.10. The van der Waals surface area contributed by atoms with Gasteiger partial charge in [0.15, 0.2) is 0 Å². The third kappa shape index (κ3) is 2.61. The summed E-state index contributed by atoms with van der Waals surface area (Å²) in [7, 11) is 4.35. The van der Waals surface area contributed by atoms with Gasteiger partial charge in [-0.2, -0.15) is 0 Å². The molecule has 0 fully saturated rings. The van der Waals surface area contributed by atoms with Gasteiger partial charge in [-0.15, -0.1) is 0 Å². The number of likely N-dealkylation sites (N-methyl/N-ethyl adjacent to an activating group) is 1. The Balaban J connectivity index is 2.68. The highest BCUT2D eigenvalue weighted by Gasteiger charge is 2.40. The van der Waals surface area contributed by atoms with Gasteiger partial charge >= 0.3 is 12.0 Å². The number of esters is 1. The fourth-order valence-corrected chi connectivity index (χ4v) is 2.85. The summed E-state index contributed by atoms with van der Waals surface area (Å²) in [4.78, 5) is 27.1. The summed E-state index contributed by atoms with van der Waals surface area (Å²) < 4.78 is 19.7. The van der Waals surface area contributed by atoms with Crippen molar-refractivity contribution in [3.05, 3.63) is 45.3 Å². The number of nitrogens with zero attached hydrogens (tertiary/aromatic N) is 2. The first-order valence-electron chi connectivity index (χ1n) is 6.54. The van der Waals surface area contributed by atoms with Crippen LogP contribution in [0.3, 0.4) is 0 Å². The zero-order chi connectivity index (χ0) is 16.6. The molecule has 1 aromatic rings. The molecule has 0 aromatic heterocycles. The maximum absolute atomic E-state index is 14.3. The summed E-state index contributed by atoms with van der Waals surface area (Å²) >= 11 is 3.19. The van der Waals surface area contributed by atoms with Crippen molar-refractivity contribution in [1.29, 1.82) is 0 Å². The zero-order valence-corrected chi connectivity index (χ0v) is 14.3. The number of methoxy groups -OCH3 is 1. The Morgan fingerprint density at radius 2 is 2.00 bits per heavy atom. The van der Waals surface area contributed by atoms with E-state index in [1.165, 1.54) is 30.0 Å². The number of ether oxygens (including phenoxy) is 1. The summed E-state index contributed by atoms with van der Waals surface area (Å²) in [5, 5.41) is 0. The topological polar surface area (TPSA) is 49.9 Å². The number of benzene rings is 1. The molecule has 0 spiro atoms. The van der Waals surface area contributed by atoms with E-state index in [2.05, 4.69) is 15.9 Å². The first kappa shape index (κ1) is 16.5. The van der Waals surface area contributed by atoms with E-state index in [0.29, 0.717) is 10.2 Å². The van der Waals surface area contributed by atoms with E-state index in [1.54, 1.807) is 26.1 Å². The maximum Gasteiger partial charge on any atom is 0.337 e. The van der Waals surface area contributed by atoms with E-state index in [4.69, 9.17) is 4.74 Å². The number of hydrogen-bond donors (Lipinski definition) is 0. The Bertz CT molecular complexity index is 675. The van der Waals surface area contributed by atoms with E-state index in [0.717, 1.165) is 0 Å². The normalized spacial score (nSPS) is 18.8. The molecule has 1 aliphatic rings. The molecule has 22 heavy (non-hydrogen) atoms. The molecule has 0 aliphatic carbocycles. The average Bonchev–Trinajstić information content (AvgIpc) is 2.48. The Hall–Kier alpha value is -1.89. The fraction of sp³-hybridized carbons (Fsp3) is 0.333. The Morgan fingerprint density at radius 1 is 1.36 bits per heavy atom. The van der Waals surface area contributed by atoms with Crippen molar-refractivity contribution in [3.63, 3.8) is 0 Å². The highest BCUT2D eigenvalue weighted by atomic mass is 79.9. The van der Waals surface area contributed by atoms with Crippen LogP contribution in [0.5, 0.6) is 0 Å². The van der Waals surface area contributed by atoms with Crippen LogP contribution >= 0.6 is 15.9 Å². The van der Waals surface area contributed by atoms with Gasteiger partial charge in [0.2, 0.25) is 0 Å². The van der Waals surface area contributed by atoms with Crippen LogP contribution in [0.4, 0.5) is 9.18 Å². The Kier molecular flexibility index (Phi) is 4.55. The lowest BCUT2D eigenvalue weighted by Crippen LogP contribution is -2.47. The molecule has 0 unspecified atom stereocenters. The van der Waals surface area contributed by atoms with E-state index in [9.17, 15) is 14.0 Å². The molecule has 2 amide bonds. The molecule has 0 N–H and O–H groups in total.